The highest BCUT2D eigenvalue weighted by Crippen LogP contribution is 2.27. The van der Waals surface area contributed by atoms with Crippen LogP contribution in [0.4, 0.5) is 4.39 Å². The van der Waals surface area contributed by atoms with Crippen molar-refractivity contribution in [3.8, 4) is 0 Å². The first-order valence-electron chi connectivity index (χ1n) is 4.34. The summed E-state index contributed by atoms with van der Waals surface area (Å²) in [5.41, 5.74) is 0.238. The monoisotopic (exact) mass is 294 g/mol. The first-order valence-corrected chi connectivity index (χ1v) is 5.51. The second-order valence-corrected chi connectivity index (χ2v) is 4.05. The molecule has 1 rings (SSSR count). The number of carbonyl (C=O) groups excluding carboxylic acids is 1. The molecule has 0 saturated heterocycles. The maximum Gasteiger partial charge on any atom is 0.310 e. The molecule has 15 heavy (non-hydrogen) atoms. The van der Waals surface area contributed by atoms with Crippen molar-refractivity contribution < 1.29 is 13.9 Å². The molecule has 0 fully saturated rings. The summed E-state index contributed by atoms with van der Waals surface area (Å²) in [4.78, 5) is 11.1. The zero-order valence-electron chi connectivity index (χ0n) is 8.02. The molecule has 0 aliphatic heterocycles. The van der Waals surface area contributed by atoms with E-state index in [1.165, 1.54) is 6.07 Å². The molecule has 1 aromatic carbocycles. The Labute approximate surface area is 101 Å². The van der Waals surface area contributed by atoms with Gasteiger partial charge in [0, 0.05) is 10.0 Å². The highest BCUT2D eigenvalue weighted by molar-refractivity contribution is 9.10. The number of halogens is 3. The van der Waals surface area contributed by atoms with Crippen LogP contribution in [0.1, 0.15) is 12.5 Å². The van der Waals surface area contributed by atoms with Crippen LogP contribution in [-0.2, 0) is 16.0 Å². The van der Waals surface area contributed by atoms with E-state index < -0.39 is 11.8 Å². The van der Waals surface area contributed by atoms with Crippen LogP contribution in [0.3, 0.4) is 0 Å². The summed E-state index contributed by atoms with van der Waals surface area (Å²) in [6.07, 6.45) is -0.104. The van der Waals surface area contributed by atoms with Crippen molar-refractivity contribution in [2.75, 3.05) is 6.61 Å². The minimum atomic E-state index is -0.584. The molecular formula is C10H9BrClFO2. The van der Waals surface area contributed by atoms with E-state index in [1.807, 2.05) is 0 Å². The number of hydrogen-bond donors (Lipinski definition) is 0. The van der Waals surface area contributed by atoms with E-state index in [-0.39, 0.29) is 23.6 Å². The molecule has 0 N–H and O–H groups in total. The van der Waals surface area contributed by atoms with E-state index in [2.05, 4.69) is 15.9 Å². The molecule has 0 heterocycles. The normalized spacial score (nSPS) is 10.1. The van der Waals surface area contributed by atoms with Gasteiger partial charge in [-0.1, -0.05) is 17.7 Å². The second kappa shape index (κ2) is 5.47. The predicted octanol–water partition coefficient (Wildman–Crippen LogP) is 3.35. The Bertz CT molecular complexity index is 382. The molecule has 5 heteroatoms. The number of rotatable bonds is 3. The van der Waals surface area contributed by atoms with Crippen LogP contribution < -0.4 is 0 Å². The van der Waals surface area contributed by atoms with Gasteiger partial charge in [0.05, 0.1) is 18.1 Å². The zero-order chi connectivity index (χ0) is 11.4. The molecule has 0 unspecified atom stereocenters. The van der Waals surface area contributed by atoms with Gasteiger partial charge in [-0.2, -0.15) is 0 Å². The maximum absolute atomic E-state index is 13.5. The minimum absolute atomic E-state index is 0.0169. The molecule has 1 aromatic rings. The molecule has 0 saturated carbocycles. The molecule has 0 aliphatic carbocycles. The lowest BCUT2D eigenvalue weighted by Gasteiger charge is -2.05. The average Bonchev–Trinajstić information content (AvgIpc) is 2.20. The highest BCUT2D eigenvalue weighted by Gasteiger charge is 2.13. The summed E-state index contributed by atoms with van der Waals surface area (Å²) < 4.78 is 18.7. The quantitative estimate of drug-likeness (QED) is 0.631. The maximum atomic E-state index is 13.5. The number of benzene rings is 1. The number of ether oxygens (including phenoxy) is 1. The lowest BCUT2D eigenvalue weighted by atomic mass is 10.1. The van der Waals surface area contributed by atoms with Gasteiger partial charge in [0.2, 0.25) is 0 Å². The van der Waals surface area contributed by atoms with Gasteiger partial charge in [-0.25, -0.2) is 4.39 Å². The van der Waals surface area contributed by atoms with Gasteiger partial charge >= 0.3 is 5.97 Å². The van der Waals surface area contributed by atoms with E-state index in [0.717, 1.165) is 0 Å². The molecule has 0 spiro atoms. The van der Waals surface area contributed by atoms with E-state index in [1.54, 1.807) is 13.0 Å². The van der Waals surface area contributed by atoms with Crippen molar-refractivity contribution in [1.29, 1.82) is 0 Å². The van der Waals surface area contributed by atoms with Crippen LogP contribution >= 0.6 is 27.5 Å². The van der Waals surface area contributed by atoms with Crippen molar-refractivity contribution in [2.45, 2.75) is 13.3 Å². The molecule has 0 aromatic heterocycles. The van der Waals surface area contributed by atoms with E-state index in [4.69, 9.17) is 16.3 Å². The third-order valence-electron chi connectivity index (χ3n) is 1.76. The summed E-state index contributed by atoms with van der Waals surface area (Å²) in [6, 6.07) is 3.10. The molecule has 0 amide bonds. The van der Waals surface area contributed by atoms with E-state index >= 15 is 0 Å². The fraction of sp³-hybridized carbons (Fsp3) is 0.300. The summed E-state index contributed by atoms with van der Waals surface area (Å²) in [5, 5.41) is -0.0169. The molecule has 0 radical (unpaired) electrons. The second-order valence-electron chi connectivity index (χ2n) is 2.82. The summed E-state index contributed by atoms with van der Waals surface area (Å²) in [5.74, 6) is -1.05. The summed E-state index contributed by atoms with van der Waals surface area (Å²) in [7, 11) is 0. The zero-order valence-corrected chi connectivity index (χ0v) is 10.4. The van der Waals surface area contributed by atoms with Crippen LogP contribution in [0.25, 0.3) is 0 Å². The number of esters is 1. The summed E-state index contributed by atoms with van der Waals surface area (Å²) in [6.45, 7) is 1.98. The van der Waals surface area contributed by atoms with Crippen LogP contribution in [0, 0.1) is 5.82 Å². The van der Waals surface area contributed by atoms with Crippen molar-refractivity contribution in [1.82, 2.24) is 0 Å². The largest absolute Gasteiger partial charge is 0.466 e. The SMILES string of the molecule is CCOC(=O)Cc1ccc(Br)c(Cl)c1F. The Balaban J connectivity index is 2.87. The smallest absolute Gasteiger partial charge is 0.310 e. The van der Waals surface area contributed by atoms with Gasteiger partial charge in [-0.05, 0) is 28.9 Å². The van der Waals surface area contributed by atoms with Gasteiger partial charge in [0.15, 0.2) is 0 Å². The molecule has 0 aliphatic rings. The van der Waals surface area contributed by atoms with Crippen molar-refractivity contribution >= 4 is 33.5 Å². The fourth-order valence-corrected chi connectivity index (χ4v) is 1.56. The molecule has 82 valence electrons. The van der Waals surface area contributed by atoms with Crippen LogP contribution in [-0.4, -0.2) is 12.6 Å². The summed E-state index contributed by atoms with van der Waals surface area (Å²) >= 11 is 8.76. The van der Waals surface area contributed by atoms with E-state index in [0.29, 0.717) is 4.47 Å². The lowest BCUT2D eigenvalue weighted by molar-refractivity contribution is -0.142. The first kappa shape index (κ1) is 12.5. The minimum Gasteiger partial charge on any atom is -0.466 e. The Morgan fingerprint density at radius 2 is 2.27 bits per heavy atom. The van der Waals surface area contributed by atoms with Crippen molar-refractivity contribution in [2.24, 2.45) is 0 Å². The number of carbonyl (C=O) groups is 1. The molecule has 2 nitrogen and oxygen atoms in total. The predicted molar refractivity (Wildman–Crippen MR) is 59.4 cm³/mol. The standard InChI is InChI=1S/C10H9BrClFO2/c1-2-15-8(14)5-6-3-4-7(11)9(12)10(6)13/h3-4H,2,5H2,1H3. The first-order chi connectivity index (χ1) is 7.06. The third-order valence-corrected chi connectivity index (χ3v) is 3.01. The van der Waals surface area contributed by atoms with Gasteiger partial charge in [0.1, 0.15) is 5.82 Å². The average molecular weight is 296 g/mol. The Morgan fingerprint density at radius 1 is 1.60 bits per heavy atom. The van der Waals surface area contributed by atoms with Crippen molar-refractivity contribution in [3.63, 3.8) is 0 Å². The number of hydrogen-bond acceptors (Lipinski definition) is 2. The third kappa shape index (κ3) is 3.18. The van der Waals surface area contributed by atoms with Crippen LogP contribution in [0.15, 0.2) is 16.6 Å². The fourth-order valence-electron chi connectivity index (χ4n) is 1.07. The van der Waals surface area contributed by atoms with Gasteiger partial charge < -0.3 is 4.74 Å². The Kier molecular flexibility index (Phi) is 4.54. The topological polar surface area (TPSA) is 26.3 Å². The lowest BCUT2D eigenvalue weighted by Crippen LogP contribution is -2.09. The van der Waals surface area contributed by atoms with Gasteiger partial charge in [-0.15, -0.1) is 0 Å². The molecular weight excluding hydrogens is 286 g/mol. The Hall–Kier alpha value is -0.610. The Morgan fingerprint density at radius 3 is 2.87 bits per heavy atom. The van der Waals surface area contributed by atoms with Crippen molar-refractivity contribution in [3.05, 3.63) is 33.0 Å². The molecule has 0 atom stereocenters. The van der Waals surface area contributed by atoms with Gasteiger partial charge in [0.25, 0.3) is 0 Å². The highest BCUT2D eigenvalue weighted by atomic mass is 79.9. The van der Waals surface area contributed by atoms with Gasteiger partial charge in [-0.3, -0.25) is 4.79 Å². The van der Waals surface area contributed by atoms with Crippen LogP contribution in [0.2, 0.25) is 5.02 Å². The molecule has 0 bridgehead atoms. The van der Waals surface area contributed by atoms with Crippen LogP contribution in [0.5, 0.6) is 0 Å². The van der Waals surface area contributed by atoms with E-state index in [9.17, 15) is 9.18 Å².